The predicted octanol–water partition coefficient (Wildman–Crippen LogP) is 3.94. The Kier molecular flexibility index (Phi) is 3.83. The van der Waals surface area contributed by atoms with Gasteiger partial charge in [-0.1, -0.05) is 6.07 Å². The third-order valence-corrected chi connectivity index (χ3v) is 9.39. The molecule has 2 aliphatic heterocycles. The lowest BCUT2D eigenvalue weighted by atomic mass is 9.95. The third-order valence-electron chi connectivity index (χ3n) is 5.52. The summed E-state index contributed by atoms with van der Waals surface area (Å²) in [6, 6.07) is 7.94. The van der Waals surface area contributed by atoms with Crippen LogP contribution in [0.5, 0.6) is 0 Å². The van der Waals surface area contributed by atoms with Crippen molar-refractivity contribution in [1.29, 1.82) is 0 Å². The van der Waals surface area contributed by atoms with E-state index < -0.39 is 9.84 Å². The maximum absolute atomic E-state index is 13.0. The number of hydrogen-bond donors (Lipinski definition) is 0. The second-order valence-corrected chi connectivity index (χ2v) is 10.9. The monoisotopic (exact) mass is 402 g/mol. The van der Waals surface area contributed by atoms with Gasteiger partial charge in [0.15, 0.2) is 9.84 Å². The quantitative estimate of drug-likeness (QED) is 0.666. The van der Waals surface area contributed by atoms with E-state index in [2.05, 4.69) is 32.8 Å². The highest BCUT2D eigenvalue weighted by Gasteiger charge is 2.50. The molecule has 0 aliphatic carbocycles. The van der Waals surface area contributed by atoms with Crippen molar-refractivity contribution in [3.05, 3.63) is 56.7 Å². The second kappa shape index (κ2) is 5.99. The Hall–Kier alpha value is -1.54. The second-order valence-electron chi connectivity index (χ2n) is 7.01. The summed E-state index contributed by atoms with van der Waals surface area (Å²) in [5.41, 5.74) is 6.18. The minimum atomic E-state index is -3.24. The highest BCUT2D eigenvalue weighted by molar-refractivity contribution is 7.92. The predicted molar refractivity (Wildman–Crippen MR) is 106 cm³/mol. The maximum atomic E-state index is 13.0. The largest absolute Gasteiger partial charge is 0.296 e. The molecule has 1 aromatic carbocycles. The fourth-order valence-electron chi connectivity index (χ4n) is 4.14. The molecule has 26 heavy (non-hydrogen) atoms. The summed E-state index contributed by atoms with van der Waals surface area (Å²) in [4.78, 5) is 8.35. The lowest BCUT2D eigenvalue weighted by Crippen LogP contribution is -2.25. The van der Waals surface area contributed by atoms with Crippen LogP contribution in [0.3, 0.4) is 0 Å². The zero-order valence-electron chi connectivity index (χ0n) is 14.3. The van der Waals surface area contributed by atoms with E-state index in [1.807, 2.05) is 24.6 Å². The van der Waals surface area contributed by atoms with Crippen LogP contribution in [0.2, 0.25) is 0 Å². The molecule has 4 nitrogen and oxygen atoms in total. The van der Waals surface area contributed by atoms with Crippen molar-refractivity contribution in [3.8, 4) is 11.1 Å². The molecule has 134 valence electrons. The van der Waals surface area contributed by atoms with Crippen molar-refractivity contribution in [2.75, 3.05) is 13.1 Å². The Morgan fingerprint density at radius 1 is 1.23 bits per heavy atom. The molecular weight excluding hydrogens is 384 g/mol. The SMILES string of the molecule is Cc1ncsc1CN1C[C@@H]2[C@@H](C1)c1cc(-c3ccsc3)ccc1S2(=O)=O. The van der Waals surface area contributed by atoms with Gasteiger partial charge in [-0.3, -0.25) is 4.90 Å². The van der Waals surface area contributed by atoms with Crippen LogP contribution in [0.25, 0.3) is 11.1 Å². The van der Waals surface area contributed by atoms with Crippen LogP contribution < -0.4 is 0 Å². The average molecular weight is 403 g/mol. The summed E-state index contributed by atoms with van der Waals surface area (Å²) in [6.07, 6.45) is 0. The molecule has 7 heteroatoms. The molecular formula is C19H18N2O2S3. The minimum Gasteiger partial charge on any atom is -0.296 e. The number of likely N-dealkylation sites (tertiary alicyclic amines) is 1. The van der Waals surface area contributed by atoms with Gasteiger partial charge in [-0.15, -0.1) is 11.3 Å². The van der Waals surface area contributed by atoms with Gasteiger partial charge in [0, 0.05) is 30.4 Å². The smallest absolute Gasteiger partial charge is 0.183 e. The lowest BCUT2D eigenvalue weighted by molar-refractivity contribution is 0.327. The normalized spacial score (nSPS) is 23.9. The zero-order valence-corrected chi connectivity index (χ0v) is 16.7. The standard InChI is InChI=1S/C19H18N2O2S3/c1-12-17(25-11-20-12)8-21-7-16-15-6-13(14-4-5-24-10-14)2-3-18(15)26(22,23)19(16)9-21/h2-6,10-11,16,19H,7-9H2,1H3/t16-,19+/m0/s1. The highest BCUT2D eigenvalue weighted by Crippen LogP contribution is 2.46. The molecule has 2 aromatic heterocycles. The number of sulfone groups is 1. The van der Waals surface area contributed by atoms with Gasteiger partial charge in [-0.05, 0) is 52.6 Å². The van der Waals surface area contributed by atoms with Crippen molar-refractivity contribution in [2.24, 2.45) is 0 Å². The van der Waals surface area contributed by atoms with E-state index in [1.54, 1.807) is 22.7 Å². The van der Waals surface area contributed by atoms with Crippen LogP contribution >= 0.6 is 22.7 Å². The molecule has 2 atom stereocenters. The number of aryl methyl sites for hydroxylation is 1. The Morgan fingerprint density at radius 2 is 2.12 bits per heavy atom. The fourth-order valence-corrected chi connectivity index (χ4v) is 7.82. The molecule has 0 bridgehead atoms. The molecule has 0 N–H and O–H groups in total. The molecule has 3 aromatic rings. The number of thiazole rings is 1. The molecule has 1 fully saturated rings. The molecule has 5 rings (SSSR count). The molecule has 2 aliphatic rings. The molecule has 4 heterocycles. The number of fused-ring (bicyclic) bond motifs is 3. The first-order chi connectivity index (χ1) is 12.5. The summed E-state index contributed by atoms with van der Waals surface area (Å²) < 4.78 is 26.1. The maximum Gasteiger partial charge on any atom is 0.183 e. The minimum absolute atomic E-state index is 0.0711. The number of benzene rings is 1. The van der Waals surface area contributed by atoms with Crippen molar-refractivity contribution >= 4 is 32.5 Å². The molecule has 0 saturated carbocycles. The lowest BCUT2D eigenvalue weighted by Gasteiger charge is -2.16. The van der Waals surface area contributed by atoms with E-state index in [0.717, 1.165) is 35.5 Å². The van der Waals surface area contributed by atoms with E-state index in [4.69, 9.17) is 0 Å². The van der Waals surface area contributed by atoms with Gasteiger partial charge < -0.3 is 0 Å². The number of thiophene rings is 1. The Morgan fingerprint density at radius 3 is 2.85 bits per heavy atom. The van der Waals surface area contributed by atoms with Gasteiger partial charge >= 0.3 is 0 Å². The molecule has 0 unspecified atom stereocenters. The van der Waals surface area contributed by atoms with Crippen LogP contribution in [0, 0.1) is 6.92 Å². The van der Waals surface area contributed by atoms with Crippen LogP contribution in [0.4, 0.5) is 0 Å². The van der Waals surface area contributed by atoms with E-state index in [-0.39, 0.29) is 11.2 Å². The summed E-state index contributed by atoms with van der Waals surface area (Å²) in [5.74, 6) is 0.0711. The number of rotatable bonds is 3. The van der Waals surface area contributed by atoms with Crippen molar-refractivity contribution < 1.29 is 8.42 Å². The van der Waals surface area contributed by atoms with E-state index in [1.165, 1.54) is 4.88 Å². The van der Waals surface area contributed by atoms with Crippen LogP contribution in [-0.4, -0.2) is 36.6 Å². The fraction of sp³-hybridized carbons (Fsp3) is 0.316. The first kappa shape index (κ1) is 16.6. The van der Waals surface area contributed by atoms with Gasteiger partial charge in [-0.25, -0.2) is 13.4 Å². The average Bonchev–Trinajstić information content (AvgIpc) is 3.38. The molecule has 0 radical (unpaired) electrons. The van der Waals surface area contributed by atoms with Crippen LogP contribution in [0.15, 0.2) is 45.4 Å². The molecule has 1 saturated heterocycles. The van der Waals surface area contributed by atoms with Crippen LogP contribution in [-0.2, 0) is 16.4 Å². The molecule has 0 amide bonds. The number of aromatic nitrogens is 1. The number of hydrogen-bond acceptors (Lipinski definition) is 6. The summed E-state index contributed by atoms with van der Waals surface area (Å²) in [6.45, 7) is 4.20. The Labute approximate surface area is 161 Å². The van der Waals surface area contributed by atoms with Crippen molar-refractivity contribution in [3.63, 3.8) is 0 Å². The van der Waals surface area contributed by atoms with Crippen LogP contribution in [0.1, 0.15) is 22.1 Å². The van der Waals surface area contributed by atoms with Gasteiger partial charge in [0.05, 0.1) is 21.3 Å². The van der Waals surface area contributed by atoms with Crippen molar-refractivity contribution in [2.45, 2.75) is 29.5 Å². The topological polar surface area (TPSA) is 50.3 Å². The first-order valence-corrected chi connectivity index (χ1v) is 11.9. The third kappa shape index (κ3) is 2.49. The molecule has 0 spiro atoms. The van der Waals surface area contributed by atoms with E-state index >= 15 is 0 Å². The first-order valence-electron chi connectivity index (χ1n) is 8.56. The van der Waals surface area contributed by atoms with Gasteiger partial charge in [-0.2, -0.15) is 11.3 Å². The van der Waals surface area contributed by atoms with Gasteiger partial charge in [0.25, 0.3) is 0 Å². The van der Waals surface area contributed by atoms with Gasteiger partial charge in [0.1, 0.15) is 0 Å². The highest BCUT2D eigenvalue weighted by atomic mass is 32.2. The van der Waals surface area contributed by atoms with Crippen molar-refractivity contribution in [1.82, 2.24) is 9.88 Å². The van der Waals surface area contributed by atoms with E-state index in [9.17, 15) is 8.42 Å². The summed E-state index contributed by atoms with van der Waals surface area (Å²) in [5, 5.41) is 3.84. The summed E-state index contributed by atoms with van der Waals surface area (Å²) in [7, 11) is -3.24. The Balaban J connectivity index is 1.50. The van der Waals surface area contributed by atoms with E-state index in [0.29, 0.717) is 11.4 Å². The number of nitrogens with zero attached hydrogens (tertiary/aromatic N) is 2. The summed E-state index contributed by atoms with van der Waals surface area (Å²) >= 11 is 3.31. The zero-order chi connectivity index (χ0) is 17.9. The van der Waals surface area contributed by atoms with Gasteiger partial charge in [0.2, 0.25) is 0 Å². The Bertz CT molecular complexity index is 1070.